The number of nitrogens with one attached hydrogen (secondary N) is 2. The molecule has 0 fully saturated rings. The molecule has 1 aromatic heterocycles. The highest BCUT2D eigenvalue weighted by Gasteiger charge is 2.30. The number of rotatable bonds is 6. The molecule has 1 atom stereocenters. The summed E-state index contributed by atoms with van der Waals surface area (Å²) in [4.78, 5) is 25.5. The van der Waals surface area contributed by atoms with Gasteiger partial charge in [0.15, 0.2) is 5.69 Å². The maximum absolute atomic E-state index is 12.1. The van der Waals surface area contributed by atoms with Crippen molar-refractivity contribution in [1.29, 1.82) is 0 Å². The lowest BCUT2D eigenvalue weighted by Gasteiger charge is -2.16. The van der Waals surface area contributed by atoms with Crippen molar-refractivity contribution in [2.75, 3.05) is 6.54 Å². The van der Waals surface area contributed by atoms with Gasteiger partial charge < -0.3 is 20.3 Å². The summed E-state index contributed by atoms with van der Waals surface area (Å²) < 4.78 is 37.6. The number of carboxylic acid groups (broad SMARTS) is 1. The van der Waals surface area contributed by atoms with Crippen molar-refractivity contribution >= 4 is 12.0 Å². The molecule has 0 aliphatic carbocycles. The van der Waals surface area contributed by atoms with E-state index >= 15 is 0 Å². The van der Waals surface area contributed by atoms with Crippen LogP contribution in [0.4, 0.5) is 18.0 Å². The summed E-state index contributed by atoms with van der Waals surface area (Å²) in [5, 5.41) is 13.2. The van der Waals surface area contributed by atoms with Gasteiger partial charge in [0.2, 0.25) is 0 Å². The predicted octanol–water partition coefficient (Wildman–Crippen LogP) is 1.22. The summed E-state index contributed by atoms with van der Waals surface area (Å²) in [6, 6.07) is -1.75. The van der Waals surface area contributed by atoms with Gasteiger partial charge in [-0.25, -0.2) is 14.6 Å². The lowest BCUT2D eigenvalue weighted by molar-refractivity contribution is -0.138. The van der Waals surface area contributed by atoms with Crippen LogP contribution in [-0.2, 0) is 6.54 Å². The van der Waals surface area contributed by atoms with E-state index in [4.69, 9.17) is 5.11 Å². The van der Waals surface area contributed by atoms with Gasteiger partial charge in [-0.15, -0.1) is 0 Å². The van der Waals surface area contributed by atoms with Crippen LogP contribution in [0.25, 0.3) is 0 Å². The van der Waals surface area contributed by atoms with Gasteiger partial charge in [0.1, 0.15) is 0 Å². The standard InChI is InChI=1S/C11H15F3N4O3/c1-7(4-11(12,13)14)17-10(21)15-2-3-18-5-8(9(19)20)16-6-18/h5-7H,2-4H2,1H3,(H,19,20)(H2,15,17,21). The molecule has 7 nitrogen and oxygen atoms in total. The number of halogens is 3. The van der Waals surface area contributed by atoms with Crippen molar-refractivity contribution in [3.8, 4) is 0 Å². The molecule has 1 rings (SSSR count). The van der Waals surface area contributed by atoms with Crippen LogP contribution in [0.3, 0.4) is 0 Å². The molecule has 21 heavy (non-hydrogen) atoms. The molecule has 1 unspecified atom stereocenters. The SMILES string of the molecule is CC(CC(F)(F)F)NC(=O)NCCn1cnc(C(=O)O)c1. The van der Waals surface area contributed by atoms with Gasteiger partial charge in [-0.2, -0.15) is 13.2 Å². The summed E-state index contributed by atoms with van der Waals surface area (Å²) in [6.45, 7) is 1.63. The zero-order valence-corrected chi connectivity index (χ0v) is 11.1. The summed E-state index contributed by atoms with van der Waals surface area (Å²) in [5.41, 5.74) is -0.127. The second kappa shape index (κ2) is 6.95. The Kier molecular flexibility index (Phi) is 5.56. The highest BCUT2D eigenvalue weighted by Crippen LogP contribution is 2.21. The number of nitrogens with zero attached hydrogens (tertiary/aromatic N) is 2. The molecule has 10 heteroatoms. The lowest BCUT2D eigenvalue weighted by atomic mass is 10.2. The minimum atomic E-state index is -4.34. The molecule has 0 saturated carbocycles. The number of aromatic nitrogens is 2. The van der Waals surface area contributed by atoms with Crippen molar-refractivity contribution in [3.05, 3.63) is 18.2 Å². The summed E-state index contributed by atoms with van der Waals surface area (Å²) in [5.74, 6) is -1.17. The van der Waals surface area contributed by atoms with Crippen LogP contribution in [0.2, 0.25) is 0 Å². The number of imidazole rings is 1. The molecule has 3 N–H and O–H groups in total. The maximum Gasteiger partial charge on any atom is 0.391 e. The van der Waals surface area contributed by atoms with E-state index in [1.54, 1.807) is 0 Å². The fraction of sp³-hybridized carbons (Fsp3) is 0.545. The number of urea groups is 1. The monoisotopic (exact) mass is 308 g/mol. The lowest BCUT2D eigenvalue weighted by Crippen LogP contribution is -2.43. The Labute approximate surface area is 118 Å². The number of carboxylic acids is 1. The Morgan fingerprint density at radius 1 is 1.48 bits per heavy atom. The minimum absolute atomic E-state index is 0.125. The average molecular weight is 308 g/mol. The fourth-order valence-electron chi connectivity index (χ4n) is 1.56. The molecule has 0 radical (unpaired) electrons. The zero-order chi connectivity index (χ0) is 16.0. The Morgan fingerprint density at radius 3 is 2.67 bits per heavy atom. The largest absolute Gasteiger partial charge is 0.476 e. The number of hydrogen-bond acceptors (Lipinski definition) is 3. The molecule has 0 spiro atoms. The van der Waals surface area contributed by atoms with Crippen LogP contribution in [0.15, 0.2) is 12.5 Å². The first-order chi connectivity index (χ1) is 9.67. The Morgan fingerprint density at radius 2 is 2.14 bits per heavy atom. The van der Waals surface area contributed by atoms with E-state index in [9.17, 15) is 22.8 Å². The van der Waals surface area contributed by atoms with Gasteiger partial charge in [-0.1, -0.05) is 0 Å². The topological polar surface area (TPSA) is 96.3 Å². The van der Waals surface area contributed by atoms with Crippen LogP contribution in [0.1, 0.15) is 23.8 Å². The Balaban J connectivity index is 2.28. The Hall–Kier alpha value is -2.26. The third-order valence-electron chi connectivity index (χ3n) is 2.42. The number of carbonyl (C=O) groups excluding carboxylic acids is 1. The molecule has 118 valence electrons. The van der Waals surface area contributed by atoms with Crippen LogP contribution in [0, 0.1) is 0 Å². The van der Waals surface area contributed by atoms with Crippen molar-refractivity contribution in [1.82, 2.24) is 20.2 Å². The molecule has 0 saturated heterocycles. The van der Waals surface area contributed by atoms with Crippen molar-refractivity contribution < 1.29 is 27.9 Å². The number of amides is 2. The molecule has 0 aliphatic heterocycles. The van der Waals surface area contributed by atoms with Gasteiger partial charge >= 0.3 is 18.2 Å². The summed E-state index contributed by atoms with van der Waals surface area (Å²) >= 11 is 0. The van der Waals surface area contributed by atoms with E-state index < -0.39 is 30.6 Å². The third kappa shape index (κ3) is 6.63. The zero-order valence-electron chi connectivity index (χ0n) is 11.1. The molecule has 0 aliphatic rings. The van der Waals surface area contributed by atoms with Crippen LogP contribution in [0.5, 0.6) is 0 Å². The number of hydrogen-bond donors (Lipinski definition) is 3. The van der Waals surface area contributed by atoms with Crippen molar-refractivity contribution in [3.63, 3.8) is 0 Å². The first-order valence-electron chi connectivity index (χ1n) is 6.03. The molecule has 1 aromatic rings. The molecule has 0 aromatic carbocycles. The quantitative estimate of drug-likeness (QED) is 0.736. The normalized spacial score (nSPS) is 12.8. The molecular weight excluding hydrogens is 293 g/mol. The maximum atomic E-state index is 12.1. The van der Waals surface area contributed by atoms with Crippen LogP contribution < -0.4 is 10.6 Å². The second-order valence-corrected chi connectivity index (χ2v) is 4.42. The van der Waals surface area contributed by atoms with Crippen LogP contribution in [-0.4, -0.2) is 45.4 Å². The summed E-state index contributed by atoms with van der Waals surface area (Å²) in [7, 11) is 0. The van der Waals surface area contributed by atoms with E-state index in [1.165, 1.54) is 24.0 Å². The van der Waals surface area contributed by atoms with Gasteiger partial charge in [-0.3, -0.25) is 0 Å². The summed E-state index contributed by atoms with van der Waals surface area (Å²) in [6.07, 6.45) is -2.87. The molecular formula is C11H15F3N4O3. The first kappa shape index (κ1) is 16.8. The van der Waals surface area contributed by atoms with E-state index in [0.29, 0.717) is 0 Å². The predicted molar refractivity (Wildman–Crippen MR) is 65.9 cm³/mol. The van der Waals surface area contributed by atoms with Crippen molar-refractivity contribution in [2.45, 2.75) is 32.1 Å². The van der Waals surface area contributed by atoms with Crippen LogP contribution >= 0.6 is 0 Å². The first-order valence-corrected chi connectivity index (χ1v) is 6.03. The van der Waals surface area contributed by atoms with E-state index in [1.807, 2.05) is 0 Å². The highest BCUT2D eigenvalue weighted by molar-refractivity contribution is 5.84. The van der Waals surface area contributed by atoms with Gasteiger partial charge in [0, 0.05) is 25.3 Å². The minimum Gasteiger partial charge on any atom is -0.476 e. The smallest absolute Gasteiger partial charge is 0.391 e. The fourth-order valence-corrected chi connectivity index (χ4v) is 1.56. The Bertz CT molecular complexity index is 501. The average Bonchev–Trinajstić information content (AvgIpc) is 2.74. The van der Waals surface area contributed by atoms with E-state index in [2.05, 4.69) is 15.6 Å². The molecule has 1 heterocycles. The van der Waals surface area contributed by atoms with Gasteiger partial charge in [0.05, 0.1) is 12.7 Å². The number of aromatic carboxylic acids is 1. The molecule has 0 bridgehead atoms. The van der Waals surface area contributed by atoms with Crippen molar-refractivity contribution in [2.24, 2.45) is 0 Å². The third-order valence-corrected chi connectivity index (χ3v) is 2.42. The van der Waals surface area contributed by atoms with E-state index in [-0.39, 0.29) is 18.8 Å². The number of alkyl halides is 3. The van der Waals surface area contributed by atoms with E-state index in [0.717, 1.165) is 0 Å². The van der Waals surface area contributed by atoms with Gasteiger partial charge in [0.25, 0.3) is 0 Å². The molecule has 2 amide bonds. The van der Waals surface area contributed by atoms with Gasteiger partial charge in [-0.05, 0) is 6.92 Å². The highest BCUT2D eigenvalue weighted by atomic mass is 19.4. The second-order valence-electron chi connectivity index (χ2n) is 4.42. The number of carbonyl (C=O) groups is 2.